The molecule has 1 aliphatic heterocycles. The number of fused-ring (bicyclic) bond motifs is 3. The fourth-order valence-electron chi connectivity index (χ4n) is 2.72. The van der Waals surface area contributed by atoms with E-state index in [-0.39, 0.29) is 0 Å². The van der Waals surface area contributed by atoms with Gasteiger partial charge in [-0.3, -0.25) is 10.3 Å². The highest BCUT2D eigenvalue weighted by Crippen LogP contribution is 2.37. The summed E-state index contributed by atoms with van der Waals surface area (Å²) in [6.07, 6.45) is 2.19. The first-order valence-corrected chi connectivity index (χ1v) is 7.56. The van der Waals surface area contributed by atoms with Gasteiger partial charge in [-0.25, -0.2) is 16.7 Å². The highest BCUT2D eigenvalue weighted by atomic mass is 32.1. The monoisotopic (exact) mass is 293 g/mol. The Morgan fingerprint density at radius 3 is 2.85 bits per heavy atom. The predicted molar refractivity (Wildman–Crippen MR) is 82.3 cm³/mol. The molecule has 3 rings (SSSR count). The number of nitrogens with zero attached hydrogens (tertiary/aromatic N) is 3. The Bertz CT molecular complexity index is 624. The molecule has 1 aliphatic rings. The Labute approximate surface area is 121 Å². The van der Waals surface area contributed by atoms with Crippen LogP contribution in [0.3, 0.4) is 0 Å². The molecule has 6 N–H and O–H groups in total. The molecule has 0 saturated carbocycles. The maximum absolute atomic E-state index is 5.59. The van der Waals surface area contributed by atoms with Gasteiger partial charge in [0.1, 0.15) is 4.83 Å². The smallest absolute Gasteiger partial charge is 0.240 e. The number of nitrogens with one attached hydrogen (secondary N) is 2. The second kappa shape index (κ2) is 5.49. The van der Waals surface area contributed by atoms with Crippen LogP contribution in [0.5, 0.6) is 0 Å². The molecule has 0 saturated heterocycles. The van der Waals surface area contributed by atoms with Crippen LogP contribution in [-0.4, -0.2) is 28.0 Å². The number of hydrazine groups is 2. The molecule has 0 bridgehead atoms. The first-order valence-electron chi connectivity index (χ1n) is 6.74. The van der Waals surface area contributed by atoms with Gasteiger partial charge in [-0.15, -0.1) is 11.3 Å². The normalized spacial score (nSPS) is 15.3. The molecule has 8 heteroatoms. The number of nitrogen functional groups attached to an aromatic ring is 2. The lowest BCUT2D eigenvalue weighted by atomic mass is 10.0. The van der Waals surface area contributed by atoms with E-state index in [0.29, 0.717) is 11.8 Å². The van der Waals surface area contributed by atoms with Crippen LogP contribution in [0.15, 0.2) is 0 Å². The second-order valence-electron chi connectivity index (χ2n) is 4.89. The Morgan fingerprint density at radius 2 is 2.15 bits per heavy atom. The van der Waals surface area contributed by atoms with Gasteiger partial charge < -0.3 is 5.43 Å². The molecule has 0 spiro atoms. The van der Waals surface area contributed by atoms with Gasteiger partial charge in [0.05, 0.1) is 5.39 Å². The first kappa shape index (κ1) is 13.5. The first-order chi connectivity index (χ1) is 9.76. The van der Waals surface area contributed by atoms with E-state index in [0.717, 1.165) is 36.3 Å². The summed E-state index contributed by atoms with van der Waals surface area (Å²) < 4.78 is 0. The summed E-state index contributed by atoms with van der Waals surface area (Å²) in [6.45, 7) is 5.41. The van der Waals surface area contributed by atoms with Crippen molar-refractivity contribution in [3.8, 4) is 0 Å². The van der Waals surface area contributed by atoms with Gasteiger partial charge in [0, 0.05) is 18.0 Å². The summed E-state index contributed by atoms with van der Waals surface area (Å²) in [5, 5.41) is 1.04. The van der Waals surface area contributed by atoms with E-state index < -0.39 is 0 Å². The molecular formula is C12H19N7S. The Morgan fingerprint density at radius 1 is 1.30 bits per heavy atom. The van der Waals surface area contributed by atoms with E-state index in [1.807, 2.05) is 0 Å². The molecular weight excluding hydrogens is 274 g/mol. The van der Waals surface area contributed by atoms with Crippen molar-refractivity contribution in [3.05, 3.63) is 10.4 Å². The number of hydrogen-bond donors (Lipinski definition) is 4. The van der Waals surface area contributed by atoms with Crippen molar-refractivity contribution in [3.63, 3.8) is 0 Å². The average Bonchev–Trinajstić information content (AvgIpc) is 2.83. The number of hydrogen-bond acceptors (Lipinski definition) is 8. The predicted octanol–water partition coefficient (Wildman–Crippen LogP) is 1.03. The van der Waals surface area contributed by atoms with Crippen LogP contribution in [0.1, 0.15) is 23.8 Å². The SMILES string of the molecule is CCCN1CCc2c(sc3nc(NN)nc(NN)c23)C1. The van der Waals surface area contributed by atoms with Crippen LogP contribution in [0, 0.1) is 0 Å². The maximum Gasteiger partial charge on any atom is 0.240 e. The van der Waals surface area contributed by atoms with E-state index in [9.17, 15) is 0 Å². The summed E-state index contributed by atoms with van der Waals surface area (Å²) >= 11 is 1.70. The van der Waals surface area contributed by atoms with Gasteiger partial charge in [0.2, 0.25) is 5.95 Å². The lowest BCUT2D eigenvalue weighted by molar-refractivity contribution is 0.258. The largest absolute Gasteiger partial charge is 0.308 e. The van der Waals surface area contributed by atoms with Crippen molar-refractivity contribution in [1.82, 2.24) is 14.9 Å². The fraction of sp³-hybridized carbons (Fsp3) is 0.500. The van der Waals surface area contributed by atoms with E-state index >= 15 is 0 Å². The minimum absolute atomic E-state index is 0.384. The van der Waals surface area contributed by atoms with E-state index in [1.54, 1.807) is 11.3 Å². The van der Waals surface area contributed by atoms with Crippen molar-refractivity contribution in [2.75, 3.05) is 23.9 Å². The molecule has 3 heterocycles. The molecule has 0 atom stereocenters. The molecule has 0 radical (unpaired) electrons. The fourth-order valence-corrected chi connectivity index (χ4v) is 3.99. The molecule has 108 valence electrons. The Kier molecular flexibility index (Phi) is 3.70. The third-order valence-electron chi connectivity index (χ3n) is 3.58. The highest BCUT2D eigenvalue weighted by Gasteiger charge is 2.23. The lowest BCUT2D eigenvalue weighted by Crippen LogP contribution is -2.30. The summed E-state index contributed by atoms with van der Waals surface area (Å²) in [5.74, 6) is 12.0. The van der Waals surface area contributed by atoms with E-state index in [4.69, 9.17) is 11.7 Å². The van der Waals surface area contributed by atoms with Crippen LogP contribution in [0.4, 0.5) is 11.8 Å². The molecule has 0 aromatic carbocycles. The van der Waals surface area contributed by atoms with Crippen LogP contribution in [0.2, 0.25) is 0 Å². The molecule has 0 amide bonds. The molecule has 0 aliphatic carbocycles. The number of aromatic nitrogens is 2. The standard InChI is InChI=1S/C12H19N7S/c1-2-4-19-5-3-7-8(6-19)20-11-9(7)10(17-13)15-12(16-11)18-14/h2-6,13-14H2,1H3,(H2,15,16,17,18). The number of nitrogens with two attached hydrogens (primary N) is 2. The van der Waals surface area contributed by atoms with Crippen molar-refractivity contribution >= 4 is 33.3 Å². The molecule has 2 aromatic heterocycles. The van der Waals surface area contributed by atoms with Gasteiger partial charge >= 0.3 is 0 Å². The van der Waals surface area contributed by atoms with E-state index in [1.165, 1.54) is 16.9 Å². The van der Waals surface area contributed by atoms with Crippen LogP contribution in [0.25, 0.3) is 10.2 Å². The Hall–Kier alpha value is -1.48. The Balaban J connectivity index is 2.08. The zero-order valence-electron chi connectivity index (χ0n) is 11.4. The van der Waals surface area contributed by atoms with Crippen molar-refractivity contribution in [1.29, 1.82) is 0 Å². The molecule has 20 heavy (non-hydrogen) atoms. The number of anilines is 2. The van der Waals surface area contributed by atoms with E-state index in [2.05, 4.69) is 32.6 Å². The van der Waals surface area contributed by atoms with Crippen molar-refractivity contribution in [2.45, 2.75) is 26.3 Å². The minimum atomic E-state index is 0.384. The van der Waals surface area contributed by atoms with Gasteiger partial charge in [0.25, 0.3) is 0 Å². The maximum atomic E-state index is 5.59. The molecule has 2 aromatic rings. The third kappa shape index (κ3) is 2.20. The van der Waals surface area contributed by atoms with Crippen molar-refractivity contribution in [2.24, 2.45) is 11.7 Å². The highest BCUT2D eigenvalue weighted by molar-refractivity contribution is 7.19. The van der Waals surface area contributed by atoms with Gasteiger partial charge in [-0.05, 0) is 24.9 Å². The zero-order valence-corrected chi connectivity index (χ0v) is 12.3. The second-order valence-corrected chi connectivity index (χ2v) is 5.98. The minimum Gasteiger partial charge on any atom is -0.308 e. The van der Waals surface area contributed by atoms with Crippen LogP contribution >= 0.6 is 11.3 Å². The number of rotatable bonds is 4. The molecule has 0 unspecified atom stereocenters. The summed E-state index contributed by atoms with van der Waals surface area (Å²) in [7, 11) is 0. The van der Waals surface area contributed by atoms with Gasteiger partial charge in [-0.1, -0.05) is 6.92 Å². The average molecular weight is 293 g/mol. The summed E-state index contributed by atoms with van der Waals surface area (Å²) in [6, 6.07) is 0. The van der Waals surface area contributed by atoms with Crippen molar-refractivity contribution < 1.29 is 0 Å². The lowest BCUT2D eigenvalue weighted by Gasteiger charge is -2.26. The number of thiophene rings is 1. The third-order valence-corrected chi connectivity index (χ3v) is 4.70. The summed E-state index contributed by atoms with van der Waals surface area (Å²) in [4.78, 5) is 13.5. The molecule has 0 fully saturated rings. The quantitative estimate of drug-likeness (QED) is 0.493. The zero-order chi connectivity index (χ0) is 14.1. The van der Waals surface area contributed by atoms with Gasteiger partial charge in [0.15, 0.2) is 5.82 Å². The van der Waals surface area contributed by atoms with Gasteiger partial charge in [-0.2, -0.15) is 4.98 Å². The van der Waals surface area contributed by atoms with Crippen LogP contribution < -0.4 is 22.5 Å². The topological polar surface area (TPSA) is 105 Å². The van der Waals surface area contributed by atoms with Crippen LogP contribution in [-0.2, 0) is 13.0 Å². The molecule has 7 nitrogen and oxygen atoms in total. The summed E-state index contributed by atoms with van der Waals surface area (Å²) in [5.41, 5.74) is 6.47.